The molecular formula is C24H29N3O5S. The van der Waals surface area contributed by atoms with Crippen molar-refractivity contribution in [2.45, 2.75) is 17.7 Å². The standard InChI is InChI=1S/C24H29N3O5S/c1-31-20-6-4-5-19(17-20)7-10-24(28)25-22-18-21(8-9-23(22)26-11-2-3-12-26)33(29,30)27-13-15-32-16-14-27/h4-10,17-18H,2-3,11-16H2,1H3,(H,25,28). The molecule has 0 spiro atoms. The fourth-order valence-corrected chi connectivity index (χ4v) is 5.47. The molecule has 0 unspecified atom stereocenters. The Morgan fingerprint density at radius 2 is 1.82 bits per heavy atom. The monoisotopic (exact) mass is 471 g/mol. The Morgan fingerprint density at radius 3 is 2.55 bits per heavy atom. The number of amides is 1. The Morgan fingerprint density at radius 1 is 1.06 bits per heavy atom. The van der Waals surface area contributed by atoms with Gasteiger partial charge in [0, 0.05) is 32.3 Å². The number of benzene rings is 2. The fraction of sp³-hybridized carbons (Fsp3) is 0.375. The highest BCUT2D eigenvalue weighted by Crippen LogP contribution is 2.32. The molecule has 0 atom stereocenters. The highest BCUT2D eigenvalue weighted by molar-refractivity contribution is 7.89. The van der Waals surface area contributed by atoms with Crippen molar-refractivity contribution in [3.63, 3.8) is 0 Å². The van der Waals surface area contributed by atoms with Gasteiger partial charge in [-0.1, -0.05) is 12.1 Å². The molecule has 0 bridgehead atoms. The van der Waals surface area contributed by atoms with E-state index in [0.29, 0.717) is 37.7 Å². The van der Waals surface area contributed by atoms with E-state index in [0.717, 1.165) is 37.2 Å². The van der Waals surface area contributed by atoms with Gasteiger partial charge in [-0.15, -0.1) is 0 Å². The van der Waals surface area contributed by atoms with Crippen LogP contribution < -0.4 is 15.0 Å². The molecule has 4 rings (SSSR count). The zero-order chi connectivity index (χ0) is 23.3. The van der Waals surface area contributed by atoms with Crippen LogP contribution in [-0.4, -0.2) is 65.1 Å². The molecule has 0 aliphatic carbocycles. The lowest BCUT2D eigenvalue weighted by Gasteiger charge is -2.27. The first-order valence-electron chi connectivity index (χ1n) is 11.1. The van der Waals surface area contributed by atoms with E-state index in [4.69, 9.17) is 9.47 Å². The molecule has 2 fully saturated rings. The number of morpholine rings is 1. The van der Waals surface area contributed by atoms with E-state index in [1.165, 1.54) is 10.4 Å². The van der Waals surface area contributed by atoms with Gasteiger partial charge in [-0.25, -0.2) is 8.42 Å². The predicted molar refractivity (Wildman–Crippen MR) is 128 cm³/mol. The minimum Gasteiger partial charge on any atom is -0.497 e. The van der Waals surface area contributed by atoms with E-state index in [1.54, 1.807) is 31.4 Å². The number of carbonyl (C=O) groups is 1. The molecule has 1 N–H and O–H groups in total. The summed E-state index contributed by atoms with van der Waals surface area (Å²) in [6.45, 7) is 3.14. The first-order valence-corrected chi connectivity index (χ1v) is 12.5. The molecule has 2 saturated heterocycles. The average molecular weight is 472 g/mol. The van der Waals surface area contributed by atoms with Gasteiger partial charge in [0.25, 0.3) is 0 Å². The van der Waals surface area contributed by atoms with E-state index in [-0.39, 0.29) is 10.8 Å². The zero-order valence-electron chi connectivity index (χ0n) is 18.7. The van der Waals surface area contributed by atoms with Crippen LogP contribution in [-0.2, 0) is 19.6 Å². The molecule has 176 valence electrons. The second-order valence-electron chi connectivity index (χ2n) is 7.99. The second-order valence-corrected chi connectivity index (χ2v) is 9.93. The summed E-state index contributed by atoms with van der Waals surface area (Å²) in [5.74, 6) is 0.370. The summed E-state index contributed by atoms with van der Waals surface area (Å²) in [7, 11) is -2.08. The second kappa shape index (κ2) is 10.4. The third-order valence-electron chi connectivity index (χ3n) is 5.80. The number of nitrogens with one attached hydrogen (secondary N) is 1. The number of hydrogen-bond acceptors (Lipinski definition) is 6. The maximum atomic E-state index is 13.1. The zero-order valence-corrected chi connectivity index (χ0v) is 19.5. The molecule has 1 amide bonds. The van der Waals surface area contributed by atoms with Crippen LogP contribution in [0.25, 0.3) is 6.08 Å². The lowest BCUT2D eigenvalue weighted by Crippen LogP contribution is -2.40. The first kappa shape index (κ1) is 23.3. The van der Waals surface area contributed by atoms with E-state index in [2.05, 4.69) is 10.2 Å². The summed E-state index contributed by atoms with van der Waals surface area (Å²) < 4.78 is 38.2. The van der Waals surface area contributed by atoms with Crippen LogP contribution >= 0.6 is 0 Å². The smallest absolute Gasteiger partial charge is 0.248 e. The number of ether oxygens (including phenoxy) is 2. The highest BCUT2D eigenvalue weighted by Gasteiger charge is 2.28. The van der Waals surface area contributed by atoms with E-state index in [9.17, 15) is 13.2 Å². The summed E-state index contributed by atoms with van der Waals surface area (Å²) >= 11 is 0. The van der Waals surface area contributed by atoms with Gasteiger partial charge >= 0.3 is 0 Å². The van der Waals surface area contributed by atoms with Crippen molar-refractivity contribution in [2.75, 3.05) is 56.7 Å². The molecule has 0 radical (unpaired) electrons. The average Bonchev–Trinajstić information content (AvgIpc) is 3.38. The Bertz CT molecular complexity index is 1120. The number of sulfonamides is 1. The number of methoxy groups -OCH3 is 1. The molecule has 8 nitrogen and oxygen atoms in total. The van der Waals surface area contributed by atoms with Crippen molar-refractivity contribution >= 4 is 33.4 Å². The molecule has 2 heterocycles. The molecule has 0 saturated carbocycles. The van der Waals surface area contributed by atoms with Crippen molar-refractivity contribution in [1.82, 2.24) is 4.31 Å². The van der Waals surface area contributed by atoms with Crippen LogP contribution in [0.2, 0.25) is 0 Å². The van der Waals surface area contributed by atoms with Crippen molar-refractivity contribution in [2.24, 2.45) is 0 Å². The van der Waals surface area contributed by atoms with Crippen LogP contribution in [0, 0.1) is 0 Å². The quantitative estimate of drug-likeness (QED) is 0.625. The molecule has 2 aliphatic heterocycles. The first-order chi connectivity index (χ1) is 16.0. The summed E-state index contributed by atoms with van der Waals surface area (Å²) in [6.07, 6.45) is 5.27. The van der Waals surface area contributed by atoms with Crippen LogP contribution in [0.1, 0.15) is 18.4 Å². The Kier molecular flexibility index (Phi) is 7.32. The lowest BCUT2D eigenvalue weighted by molar-refractivity contribution is -0.111. The largest absolute Gasteiger partial charge is 0.497 e. The van der Waals surface area contributed by atoms with Gasteiger partial charge in [0.15, 0.2) is 0 Å². The maximum absolute atomic E-state index is 13.1. The van der Waals surface area contributed by atoms with Crippen LogP contribution in [0.15, 0.2) is 53.4 Å². The number of anilines is 2. The van der Waals surface area contributed by atoms with Gasteiger partial charge in [0.05, 0.1) is 36.6 Å². The van der Waals surface area contributed by atoms with Crippen LogP contribution in [0.5, 0.6) is 5.75 Å². The lowest BCUT2D eigenvalue weighted by atomic mass is 10.2. The third kappa shape index (κ3) is 5.55. The number of rotatable bonds is 7. The fourth-order valence-electron chi connectivity index (χ4n) is 4.04. The number of hydrogen-bond donors (Lipinski definition) is 1. The summed E-state index contributed by atoms with van der Waals surface area (Å²) in [5.41, 5.74) is 2.15. The normalized spacial score (nSPS) is 17.4. The third-order valence-corrected chi connectivity index (χ3v) is 7.70. The summed E-state index contributed by atoms with van der Waals surface area (Å²) in [4.78, 5) is 15.1. The summed E-state index contributed by atoms with van der Waals surface area (Å²) in [6, 6.07) is 12.4. The molecule has 9 heteroatoms. The topological polar surface area (TPSA) is 88.2 Å². The van der Waals surface area contributed by atoms with Crippen molar-refractivity contribution in [3.05, 3.63) is 54.1 Å². The van der Waals surface area contributed by atoms with Gasteiger partial charge in [-0.2, -0.15) is 4.31 Å². The molecule has 2 aromatic carbocycles. The number of carbonyl (C=O) groups excluding carboxylic acids is 1. The van der Waals surface area contributed by atoms with Gasteiger partial charge in [-0.05, 0) is 54.8 Å². The Hall–Kier alpha value is -2.88. The highest BCUT2D eigenvalue weighted by atomic mass is 32.2. The van der Waals surface area contributed by atoms with Crippen LogP contribution in [0.4, 0.5) is 11.4 Å². The molecule has 33 heavy (non-hydrogen) atoms. The SMILES string of the molecule is COc1cccc(C=CC(=O)Nc2cc(S(=O)(=O)N3CCOCC3)ccc2N2CCCC2)c1. The molecule has 2 aliphatic rings. The molecule has 2 aromatic rings. The Labute approximate surface area is 194 Å². The molecule has 0 aromatic heterocycles. The maximum Gasteiger partial charge on any atom is 0.248 e. The summed E-state index contributed by atoms with van der Waals surface area (Å²) in [5, 5.41) is 2.90. The van der Waals surface area contributed by atoms with Crippen molar-refractivity contribution in [3.8, 4) is 5.75 Å². The van der Waals surface area contributed by atoms with Gasteiger partial charge in [0.1, 0.15) is 5.75 Å². The van der Waals surface area contributed by atoms with E-state index < -0.39 is 10.0 Å². The molecular weight excluding hydrogens is 442 g/mol. The van der Waals surface area contributed by atoms with E-state index >= 15 is 0 Å². The van der Waals surface area contributed by atoms with Gasteiger partial charge < -0.3 is 19.7 Å². The van der Waals surface area contributed by atoms with Gasteiger partial charge in [-0.3, -0.25) is 4.79 Å². The minimum absolute atomic E-state index is 0.166. The minimum atomic E-state index is -3.67. The number of nitrogens with zero attached hydrogens (tertiary/aromatic N) is 2. The van der Waals surface area contributed by atoms with Crippen molar-refractivity contribution < 1.29 is 22.7 Å². The van der Waals surface area contributed by atoms with Crippen LogP contribution in [0.3, 0.4) is 0 Å². The van der Waals surface area contributed by atoms with Crippen molar-refractivity contribution in [1.29, 1.82) is 0 Å². The van der Waals surface area contributed by atoms with Gasteiger partial charge in [0.2, 0.25) is 15.9 Å². The predicted octanol–water partition coefficient (Wildman–Crippen LogP) is 2.97. The van der Waals surface area contributed by atoms with E-state index in [1.807, 2.05) is 24.3 Å². The Balaban J connectivity index is 1.59.